The number of thioether (sulfide) groups is 1. The molecule has 1 saturated heterocycles. The maximum absolute atomic E-state index is 13.0. The number of halogens is 3. The molecule has 3 heterocycles. The molecule has 0 bridgehead atoms. The number of amides is 1. The van der Waals surface area contributed by atoms with Gasteiger partial charge in [-0.2, -0.15) is 18.3 Å². The molecule has 7 nitrogen and oxygen atoms in total. The van der Waals surface area contributed by atoms with Gasteiger partial charge in [-0.3, -0.25) is 9.48 Å². The average molecular weight is 549 g/mol. The van der Waals surface area contributed by atoms with E-state index in [0.717, 1.165) is 34.9 Å². The third-order valence-electron chi connectivity index (χ3n) is 7.96. The second kappa shape index (κ2) is 10.3. The summed E-state index contributed by atoms with van der Waals surface area (Å²) in [5.41, 5.74) is 2.16. The molecule has 38 heavy (non-hydrogen) atoms. The number of carboxylic acids is 1. The van der Waals surface area contributed by atoms with E-state index in [1.54, 1.807) is 16.7 Å². The van der Waals surface area contributed by atoms with Crippen LogP contribution in [0.4, 0.5) is 13.2 Å². The molecular formula is C27H31F3N4O3S. The number of nitrogens with zero attached hydrogens (tertiary/aromatic N) is 4. The lowest BCUT2D eigenvalue weighted by atomic mass is 9.82. The van der Waals surface area contributed by atoms with Gasteiger partial charge in [0.25, 0.3) is 0 Å². The van der Waals surface area contributed by atoms with Gasteiger partial charge in [0.05, 0.1) is 5.37 Å². The molecule has 1 aromatic heterocycles. The first-order valence-electron chi connectivity index (χ1n) is 12.9. The van der Waals surface area contributed by atoms with Gasteiger partial charge in [0.2, 0.25) is 5.91 Å². The highest BCUT2D eigenvalue weighted by molar-refractivity contribution is 8.04. The van der Waals surface area contributed by atoms with E-state index in [1.807, 2.05) is 24.1 Å². The lowest BCUT2D eigenvalue weighted by Gasteiger charge is -2.37. The van der Waals surface area contributed by atoms with E-state index in [-0.39, 0.29) is 35.4 Å². The lowest BCUT2D eigenvalue weighted by molar-refractivity contribution is -0.142. The molecule has 0 spiro atoms. The van der Waals surface area contributed by atoms with Crippen molar-refractivity contribution in [3.8, 4) is 0 Å². The number of aliphatic carboxylic acids is 1. The third-order valence-corrected chi connectivity index (χ3v) is 9.63. The van der Waals surface area contributed by atoms with Gasteiger partial charge in [-0.1, -0.05) is 24.3 Å². The first-order chi connectivity index (χ1) is 18.0. The fourth-order valence-corrected chi connectivity index (χ4v) is 7.72. The number of piperidine rings is 1. The summed E-state index contributed by atoms with van der Waals surface area (Å²) in [6.45, 7) is 2.22. The number of carboxylic acid groups (broad SMARTS) is 1. The van der Waals surface area contributed by atoms with E-state index in [1.165, 1.54) is 18.1 Å². The fourth-order valence-electron chi connectivity index (χ4n) is 5.98. The van der Waals surface area contributed by atoms with Gasteiger partial charge in [-0.05, 0) is 62.1 Å². The van der Waals surface area contributed by atoms with Crippen LogP contribution in [-0.4, -0.2) is 62.1 Å². The van der Waals surface area contributed by atoms with Gasteiger partial charge in [0.1, 0.15) is 12.2 Å². The van der Waals surface area contributed by atoms with Gasteiger partial charge in [-0.25, -0.2) is 4.79 Å². The van der Waals surface area contributed by atoms with Crippen molar-refractivity contribution in [2.45, 2.75) is 63.0 Å². The van der Waals surface area contributed by atoms with Crippen LogP contribution < -0.4 is 0 Å². The number of hydrogen-bond donors (Lipinski definition) is 1. The number of likely N-dealkylation sites (N-methyl/N-ethyl adjacent to an activating group) is 1. The molecule has 0 radical (unpaired) electrons. The predicted octanol–water partition coefficient (Wildman–Crippen LogP) is 4.87. The summed E-state index contributed by atoms with van der Waals surface area (Å²) < 4.78 is 40.0. The molecular weight excluding hydrogens is 517 g/mol. The monoisotopic (exact) mass is 548 g/mol. The highest BCUT2D eigenvalue weighted by Crippen LogP contribution is 2.52. The molecule has 204 valence electrons. The van der Waals surface area contributed by atoms with Crippen LogP contribution in [0.3, 0.4) is 0 Å². The van der Waals surface area contributed by atoms with Crippen molar-refractivity contribution in [3.63, 3.8) is 0 Å². The quantitative estimate of drug-likeness (QED) is 0.575. The summed E-state index contributed by atoms with van der Waals surface area (Å²) in [5.74, 6) is -0.923. The lowest BCUT2D eigenvalue weighted by Crippen LogP contribution is -2.44. The van der Waals surface area contributed by atoms with E-state index in [0.29, 0.717) is 31.6 Å². The molecule has 2 unspecified atom stereocenters. The minimum Gasteiger partial charge on any atom is -0.477 e. The Labute approximate surface area is 223 Å². The smallest absolute Gasteiger partial charge is 0.435 e. The summed E-state index contributed by atoms with van der Waals surface area (Å²) >= 11 is 1.65. The largest absolute Gasteiger partial charge is 0.477 e. The van der Waals surface area contributed by atoms with Crippen molar-refractivity contribution in [1.29, 1.82) is 0 Å². The first-order valence-corrected chi connectivity index (χ1v) is 13.8. The standard InChI is InChI=1S/C27H31F3N4O3S/c1-16-14-21(27(28,29)30)31-34(16)15-22(35)33-12-10-18(11-13-33)25-32(2)23(26(36)37)24(38-25)20-9-5-7-17-6-3-4-8-19(17)20/h3-4,6,8,14,18,20,25H,5,7,9-13,15H2,1-2H3,(H,36,37). The molecule has 2 atom stereocenters. The van der Waals surface area contributed by atoms with Crippen LogP contribution in [0.2, 0.25) is 0 Å². The van der Waals surface area contributed by atoms with Crippen LogP contribution in [0.1, 0.15) is 54.1 Å². The number of rotatable bonds is 5. The van der Waals surface area contributed by atoms with E-state index in [4.69, 9.17) is 0 Å². The molecule has 3 aliphatic rings. The topological polar surface area (TPSA) is 78.7 Å². The zero-order valence-electron chi connectivity index (χ0n) is 21.4. The fraction of sp³-hybridized carbons (Fsp3) is 0.519. The summed E-state index contributed by atoms with van der Waals surface area (Å²) in [6.07, 6.45) is -0.208. The molecule has 5 rings (SSSR count). The number of carbonyl (C=O) groups is 2. The van der Waals surface area contributed by atoms with Crippen molar-refractivity contribution in [2.75, 3.05) is 20.1 Å². The molecule has 1 N–H and O–H groups in total. The minimum atomic E-state index is -4.55. The van der Waals surface area contributed by atoms with Crippen molar-refractivity contribution < 1.29 is 27.9 Å². The highest BCUT2D eigenvalue weighted by atomic mass is 32.2. The van der Waals surface area contributed by atoms with Crippen LogP contribution >= 0.6 is 11.8 Å². The highest BCUT2D eigenvalue weighted by Gasteiger charge is 2.43. The number of hydrogen-bond acceptors (Lipinski definition) is 5. The number of benzene rings is 1. The Bertz CT molecular complexity index is 1270. The van der Waals surface area contributed by atoms with Gasteiger partial charge >= 0.3 is 12.1 Å². The number of fused-ring (bicyclic) bond motifs is 1. The zero-order chi connectivity index (χ0) is 27.2. The van der Waals surface area contributed by atoms with Crippen LogP contribution in [-0.2, 0) is 28.7 Å². The van der Waals surface area contributed by atoms with Crippen molar-refractivity contribution in [1.82, 2.24) is 19.6 Å². The normalized spacial score (nSPS) is 22.7. The van der Waals surface area contributed by atoms with Crippen LogP contribution in [0.25, 0.3) is 0 Å². The zero-order valence-corrected chi connectivity index (χ0v) is 22.2. The number of aryl methyl sites for hydroxylation is 2. The van der Waals surface area contributed by atoms with Gasteiger partial charge in [-0.15, -0.1) is 11.8 Å². The summed E-state index contributed by atoms with van der Waals surface area (Å²) in [7, 11) is 1.85. The van der Waals surface area contributed by atoms with E-state index in [2.05, 4.69) is 17.2 Å². The van der Waals surface area contributed by atoms with E-state index in [9.17, 15) is 27.9 Å². The molecule has 1 aromatic carbocycles. The van der Waals surface area contributed by atoms with Gasteiger partial charge in [0.15, 0.2) is 5.69 Å². The van der Waals surface area contributed by atoms with Crippen molar-refractivity contribution in [2.24, 2.45) is 5.92 Å². The summed E-state index contributed by atoms with van der Waals surface area (Å²) in [5, 5.41) is 13.7. The second-order valence-corrected chi connectivity index (χ2v) is 11.5. The molecule has 2 aliphatic heterocycles. The third kappa shape index (κ3) is 5.04. The number of alkyl halides is 3. The minimum absolute atomic E-state index is 0.0369. The SMILES string of the molecule is Cc1cc(C(F)(F)F)nn1CC(=O)N1CCC(C2SC(C3CCCc4ccccc43)=C(C(=O)O)N2C)CC1. The molecule has 1 aliphatic carbocycles. The van der Waals surface area contributed by atoms with Gasteiger partial charge in [0, 0.05) is 36.7 Å². The first kappa shape index (κ1) is 26.6. The van der Waals surface area contributed by atoms with E-state index < -0.39 is 17.8 Å². The van der Waals surface area contributed by atoms with Crippen LogP contribution in [0, 0.1) is 12.8 Å². The molecule has 0 saturated carbocycles. The maximum atomic E-state index is 13.0. The van der Waals surface area contributed by atoms with Crippen LogP contribution in [0.5, 0.6) is 0 Å². The number of likely N-dealkylation sites (tertiary alicyclic amines) is 1. The summed E-state index contributed by atoms with van der Waals surface area (Å²) in [6, 6.07) is 9.23. The molecule has 2 aromatic rings. The Morgan fingerprint density at radius 3 is 2.53 bits per heavy atom. The number of carbonyl (C=O) groups excluding carboxylic acids is 1. The Morgan fingerprint density at radius 1 is 1.16 bits per heavy atom. The average Bonchev–Trinajstić information content (AvgIpc) is 3.43. The maximum Gasteiger partial charge on any atom is 0.435 e. The Morgan fingerprint density at radius 2 is 1.87 bits per heavy atom. The Balaban J connectivity index is 1.25. The Hall–Kier alpha value is -2.95. The van der Waals surface area contributed by atoms with E-state index >= 15 is 0 Å². The van der Waals surface area contributed by atoms with Crippen molar-refractivity contribution in [3.05, 3.63) is 63.4 Å². The molecule has 1 amide bonds. The Kier molecular flexibility index (Phi) is 7.23. The number of allylic oxidation sites excluding steroid dienone is 1. The number of aromatic nitrogens is 2. The molecule has 1 fully saturated rings. The molecule has 11 heteroatoms. The predicted molar refractivity (Wildman–Crippen MR) is 137 cm³/mol. The van der Waals surface area contributed by atoms with Crippen molar-refractivity contribution >= 4 is 23.6 Å². The van der Waals surface area contributed by atoms with Gasteiger partial charge < -0.3 is 14.9 Å². The van der Waals surface area contributed by atoms with Crippen LogP contribution in [0.15, 0.2) is 40.9 Å². The second-order valence-electron chi connectivity index (χ2n) is 10.3. The summed E-state index contributed by atoms with van der Waals surface area (Å²) in [4.78, 5) is 29.7.